The predicted molar refractivity (Wildman–Crippen MR) is 93.0 cm³/mol. The van der Waals surface area contributed by atoms with Gasteiger partial charge < -0.3 is 4.74 Å². The molecule has 1 fully saturated rings. The molecule has 1 saturated heterocycles. The van der Waals surface area contributed by atoms with E-state index in [1.165, 1.54) is 11.8 Å². The predicted octanol–water partition coefficient (Wildman–Crippen LogP) is 4.16. The molecule has 1 amide bonds. The monoisotopic (exact) mass is 333 g/mol. The molecule has 1 aromatic heterocycles. The fourth-order valence-corrected chi connectivity index (χ4v) is 3.96. The van der Waals surface area contributed by atoms with Crippen molar-refractivity contribution in [2.24, 2.45) is 0 Å². The van der Waals surface area contributed by atoms with Crippen molar-refractivity contribution in [2.75, 3.05) is 12.0 Å². The van der Waals surface area contributed by atoms with Crippen molar-refractivity contribution in [1.82, 2.24) is 0 Å². The van der Waals surface area contributed by atoms with Crippen LogP contribution in [0.2, 0.25) is 0 Å². The summed E-state index contributed by atoms with van der Waals surface area (Å²) in [6.45, 7) is 0. The third-order valence-corrected chi connectivity index (χ3v) is 5.04. The molecule has 0 unspecified atom stereocenters. The van der Waals surface area contributed by atoms with Gasteiger partial charge in [-0.3, -0.25) is 9.69 Å². The van der Waals surface area contributed by atoms with Crippen molar-refractivity contribution in [3.63, 3.8) is 0 Å². The highest BCUT2D eigenvalue weighted by atomic mass is 32.2. The molecule has 1 aliphatic heterocycles. The smallest absolute Gasteiger partial charge is 0.270 e. The average Bonchev–Trinajstić information content (AvgIpc) is 3.08. The van der Waals surface area contributed by atoms with Crippen LogP contribution in [0, 0.1) is 0 Å². The maximum absolute atomic E-state index is 12.6. The molecule has 21 heavy (non-hydrogen) atoms. The molecule has 0 N–H and O–H groups in total. The number of carbonyl (C=O) groups excluding carboxylic acids is 1. The second kappa shape index (κ2) is 6.01. The van der Waals surface area contributed by atoms with Gasteiger partial charge in [-0.1, -0.05) is 36.1 Å². The van der Waals surface area contributed by atoms with Gasteiger partial charge in [0.1, 0.15) is 5.75 Å². The maximum atomic E-state index is 12.6. The van der Waals surface area contributed by atoms with Crippen LogP contribution in [0.3, 0.4) is 0 Å². The quantitative estimate of drug-likeness (QED) is 0.623. The Hall–Kier alpha value is -1.63. The number of benzene rings is 1. The van der Waals surface area contributed by atoms with E-state index in [4.69, 9.17) is 17.0 Å². The third-order valence-electron chi connectivity index (χ3n) is 2.92. The molecule has 3 nitrogen and oxygen atoms in total. The van der Waals surface area contributed by atoms with E-state index in [1.807, 2.05) is 41.8 Å². The van der Waals surface area contributed by atoms with Crippen LogP contribution >= 0.6 is 35.3 Å². The molecule has 0 radical (unpaired) electrons. The van der Waals surface area contributed by atoms with Gasteiger partial charge >= 0.3 is 0 Å². The van der Waals surface area contributed by atoms with Gasteiger partial charge in [0, 0.05) is 10.9 Å². The molecule has 0 spiro atoms. The first-order valence-electron chi connectivity index (χ1n) is 6.14. The lowest BCUT2D eigenvalue weighted by molar-refractivity contribution is -0.113. The Morgan fingerprint density at radius 2 is 2.14 bits per heavy atom. The summed E-state index contributed by atoms with van der Waals surface area (Å²) < 4.78 is 5.73. The lowest BCUT2D eigenvalue weighted by atomic mass is 10.2. The molecular formula is C15H11NO2S3. The summed E-state index contributed by atoms with van der Waals surface area (Å²) in [5.74, 6) is 0.607. The topological polar surface area (TPSA) is 29.5 Å². The summed E-state index contributed by atoms with van der Waals surface area (Å²) in [5.41, 5.74) is 0.728. The van der Waals surface area contributed by atoms with E-state index in [9.17, 15) is 4.79 Å². The number of hydrogen-bond acceptors (Lipinski definition) is 5. The molecule has 6 heteroatoms. The van der Waals surface area contributed by atoms with Crippen molar-refractivity contribution in [1.29, 1.82) is 0 Å². The van der Waals surface area contributed by atoms with Crippen molar-refractivity contribution in [3.05, 3.63) is 51.6 Å². The van der Waals surface area contributed by atoms with Crippen LogP contribution in [0.4, 0.5) is 5.69 Å². The Balaban J connectivity index is 1.93. The number of nitrogens with zero attached hydrogens (tertiary/aromatic N) is 1. The molecule has 1 aromatic carbocycles. The molecule has 0 aliphatic carbocycles. The molecule has 1 aliphatic rings. The highest BCUT2D eigenvalue weighted by molar-refractivity contribution is 8.27. The second-order valence-electron chi connectivity index (χ2n) is 4.23. The zero-order chi connectivity index (χ0) is 14.8. The number of rotatable bonds is 3. The number of hydrogen-bond donors (Lipinski definition) is 0. The minimum Gasteiger partial charge on any atom is -0.497 e. The SMILES string of the molecule is COc1cccc(N2C(=O)C(=Cc3cccs3)SC2=S)c1. The Labute approximate surface area is 136 Å². The highest BCUT2D eigenvalue weighted by Gasteiger charge is 2.33. The van der Waals surface area contributed by atoms with Crippen molar-refractivity contribution in [3.8, 4) is 5.75 Å². The molecule has 3 rings (SSSR count). The Kier molecular flexibility index (Phi) is 4.10. The number of amides is 1. The Morgan fingerprint density at radius 1 is 1.29 bits per heavy atom. The number of anilines is 1. The Bertz CT molecular complexity index is 722. The van der Waals surface area contributed by atoms with Gasteiger partial charge in [-0.25, -0.2) is 0 Å². The van der Waals surface area contributed by atoms with Crippen LogP contribution in [-0.4, -0.2) is 17.3 Å². The summed E-state index contributed by atoms with van der Waals surface area (Å²) in [7, 11) is 1.60. The number of ether oxygens (including phenoxy) is 1. The van der Waals surface area contributed by atoms with Gasteiger partial charge in [0.05, 0.1) is 17.7 Å². The second-order valence-corrected chi connectivity index (χ2v) is 6.89. The fraction of sp³-hybridized carbons (Fsp3) is 0.0667. The minimum atomic E-state index is -0.0911. The van der Waals surface area contributed by atoms with Crippen LogP contribution < -0.4 is 9.64 Å². The molecule has 0 atom stereocenters. The first-order chi connectivity index (χ1) is 10.2. The molecule has 2 heterocycles. The van der Waals surface area contributed by atoms with Gasteiger partial charge in [-0.15, -0.1) is 11.3 Å². The van der Waals surface area contributed by atoms with E-state index in [1.54, 1.807) is 29.4 Å². The summed E-state index contributed by atoms with van der Waals surface area (Å²) in [5, 5.41) is 1.98. The van der Waals surface area contributed by atoms with Gasteiger partial charge in [0.15, 0.2) is 4.32 Å². The van der Waals surface area contributed by atoms with E-state index < -0.39 is 0 Å². The van der Waals surface area contributed by atoms with Crippen molar-refractivity contribution >= 4 is 57.3 Å². The number of thiophene rings is 1. The summed E-state index contributed by atoms with van der Waals surface area (Å²) in [6.07, 6.45) is 1.88. The average molecular weight is 333 g/mol. The number of thiocarbonyl (C=S) groups is 1. The normalized spacial score (nSPS) is 16.8. The summed E-state index contributed by atoms with van der Waals surface area (Å²) >= 11 is 8.26. The van der Waals surface area contributed by atoms with Gasteiger partial charge in [0.2, 0.25) is 0 Å². The first-order valence-corrected chi connectivity index (χ1v) is 8.25. The van der Waals surface area contributed by atoms with E-state index in [0.717, 1.165) is 10.6 Å². The molecular weight excluding hydrogens is 322 g/mol. The minimum absolute atomic E-state index is 0.0911. The van der Waals surface area contributed by atoms with E-state index in [2.05, 4.69) is 0 Å². The number of carbonyl (C=O) groups is 1. The largest absolute Gasteiger partial charge is 0.497 e. The standard InChI is InChI=1S/C15H11NO2S3/c1-18-11-5-2-4-10(8-11)16-14(17)13(21-15(16)19)9-12-6-3-7-20-12/h2-9H,1H3. The van der Waals surface area contributed by atoms with Crippen LogP contribution in [-0.2, 0) is 4.79 Å². The van der Waals surface area contributed by atoms with Crippen LogP contribution in [0.5, 0.6) is 5.75 Å². The van der Waals surface area contributed by atoms with Gasteiger partial charge in [-0.2, -0.15) is 0 Å². The molecule has 106 valence electrons. The first kappa shape index (κ1) is 14.3. The van der Waals surface area contributed by atoms with E-state index in [-0.39, 0.29) is 5.91 Å². The summed E-state index contributed by atoms with van der Waals surface area (Å²) in [6, 6.07) is 11.3. The van der Waals surface area contributed by atoms with Crippen LogP contribution in [0.15, 0.2) is 46.7 Å². The van der Waals surface area contributed by atoms with E-state index >= 15 is 0 Å². The zero-order valence-electron chi connectivity index (χ0n) is 11.1. The molecule has 0 bridgehead atoms. The number of thioether (sulfide) groups is 1. The maximum Gasteiger partial charge on any atom is 0.270 e. The van der Waals surface area contributed by atoms with Gasteiger partial charge in [-0.05, 0) is 29.7 Å². The highest BCUT2D eigenvalue weighted by Crippen LogP contribution is 2.37. The zero-order valence-corrected chi connectivity index (χ0v) is 13.6. The number of methoxy groups -OCH3 is 1. The van der Waals surface area contributed by atoms with E-state index in [0.29, 0.717) is 15.0 Å². The molecule has 2 aromatic rings. The summed E-state index contributed by atoms with van der Waals surface area (Å²) in [4.78, 5) is 15.8. The van der Waals surface area contributed by atoms with Crippen LogP contribution in [0.25, 0.3) is 6.08 Å². The lowest BCUT2D eigenvalue weighted by Crippen LogP contribution is -2.27. The van der Waals surface area contributed by atoms with Crippen LogP contribution in [0.1, 0.15) is 4.88 Å². The van der Waals surface area contributed by atoms with Crippen molar-refractivity contribution < 1.29 is 9.53 Å². The lowest BCUT2D eigenvalue weighted by Gasteiger charge is -2.15. The van der Waals surface area contributed by atoms with Crippen molar-refractivity contribution in [2.45, 2.75) is 0 Å². The Morgan fingerprint density at radius 3 is 2.86 bits per heavy atom. The fourth-order valence-electron chi connectivity index (χ4n) is 1.94. The third kappa shape index (κ3) is 2.88. The molecule has 0 saturated carbocycles. The van der Waals surface area contributed by atoms with Gasteiger partial charge in [0.25, 0.3) is 5.91 Å².